The van der Waals surface area contributed by atoms with Crippen molar-refractivity contribution in [3.05, 3.63) is 69.3 Å². The molecule has 0 aromatic heterocycles. The Kier molecular flexibility index (Phi) is 5.17. The van der Waals surface area contributed by atoms with Gasteiger partial charge in [-0.05, 0) is 23.8 Å². The van der Waals surface area contributed by atoms with Crippen LogP contribution in [0.15, 0.2) is 42.5 Å². The van der Waals surface area contributed by atoms with Crippen LogP contribution in [0.5, 0.6) is 0 Å². The molecule has 0 spiro atoms. The van der Waals surface area contributed by atoms with Crippen molar-refractivity contribution >= 4 is 21.4 Å². The zero-order chi connectivity index (χ0) is 19.5. The van der Waals surface area contributed by atoms with Crippen LogP contribution < -0.4 is 4.72 Å². The molecule has 0 aliphatic rings. The number of hydrogen-bond acceptors (Lipinski definition) is 5. The molecule has 1 N–H and O–H groups in total. The summed E-state index contributed by atoms with van der Waals surface area (Å²) in [5.41, 5.74) is -2.24. The number of rotatable bonds is 5. The van der Waals surface area contributed by atoms with E-state index in [0.29, 0.717) is 6.07 Å². The number of nitriles is 1. The molecule has 11 heteroatoms. The maximum absolute atomic E-state index is 12.9. The van der Waals surface area contributed by atoms with Gasteiger partial charge in [-0.1, -0.05) is 12.1 Å². The molecule has 2 aromatic carbocycles. The van der Waals surface area contributed by atoms with Gasteiger partial charge in [-0.2, -0.15) is 18.4 Å². The van der Waals surface area contributed by atoms with Crippen LogP contribution in [0, 0.1) is 21.4 Å². The van der Waals surface area contributed by atoms with Crippen LogP contribution in [-0.2, 0) is 22.0 Å². The lowest BCUT2D eigenvalue weighted by Gasteiger charge is -2.12. The van der Waals surface area contributed by atoms with Crippen molar-refractivity contribution in [1.82, 2.24) is 0 Å². The van der Waals surface area contributed by atoms with E-state index in [2.05, 4.69) is 0 Å². The highest BCUT2D eigenvalue weighted by Gasteiger charge is 2.34. The molecule has 0 bridgehead atoms. The van der Waals surface area contributed by atoms with E-state index in [1.54, 1.807) is 0 Å². The number of halogens is 3. The van der Waals surface area contributed by atoms with Gasteiger partial charge < -0.3 is 0 Å². The highest BCUT2D eigenvalue weighted by atomic mass is 32.2. The predicted octanol–water partition coefficient (Wildman–Crippen LogP) is 3.43. The molecule has 136 valence electrons. The Bertz CT molecular complexity index is 981. The number of non-ortho nitro benzene ring substituents is 1. The fraction of sp³-hybridized carbons (Fsp3) is 0.133. The largest absolute Gasteiger partial charge is 0.417 e. The normalized spacial score (nSPS) is 11.6. The summed E-state index contributed by atoms with van der Waals surface area (Å²) in [6.07, 6.45) is -4.81. The number of anilines is 1. The number of alkyl halides is 3. The lowest BCUT2D eigenvalue weighted by molar-refractivity contribution is -0.384. The van der Waals surface area contributed by atoms with Crippen molar-refractivity contribution in [1.29, 1.82) is 5.26 Å². The van der Waals surface area contributed by atoms with Gasteiger partial charge in [-0.3, -0.25) is 14.8 Å². The van der Waals surface area contributed by atoms with Crippen LogP contribution in [0.4, 0.5) is 24.5 Å². The van der Waals surface area contributed by atoms with Gasteiger partial charge in [0.25, 0.3) is 5.69 Å². The van der Waals surface area contributed by atoms with Crippen molar-refractivity contribution < 1.29 is 26.5 Å². The molecular formula is C15H10F3N3O4S. The molecule has 0 aliphatic carbocycles. The number of nitrogens with zero attached hydrogens (tertiary/aromatic N) is 2. The Morgan fingerprint density at radius 1 is 1.15 bits per heavy atom. The van der Waals surface area contributed by atoms with Crippen LogP contribution in [0.2, 0.25) is 0 Å². The molecule has 0 fully saturated rings. The first-order valence-corrected chi connectivity index (χ1v) is 8.52. The first kappa shape index (κ1) is 19.2. The lowest BCUT2D eigenvalue weighted by Crippen LogP contribution is -2.16. The molecular weight excluding hydrogens is 375 g/mol. The van der Waals surface area contributed by atoms with E-state index in [1.165, 1.54) is 18.2 Å². The van der Waals surface area contributed by atoms with Gasteiger partial charge in [0.2, 0.25) is 10.0 Å². The summed E-state index contributed by atoms with van der Waals surface area (Å²) >= 11 is 0. The third-order valence-electron chi connectivity index (χ3n) is 3.22. The quantitative estimate of drug-likeness (QED) is 0.626. The summed E-state index contributed by atoms with van der Waals surface area (Å²) < 4.78 is 65.0. The SMILES string of the molecule is N#Cc1ccc(NS(=O)(=O)Cc2ccc([N+](=O)[O-])cc2)cc1C(F)(F)F. The highest BCUT2D eigenvalue weighted by Crippen LogP contribution is 2.33. The smallest absolute Gasteiger partial charge is 0.283 e. The van der Waals surface area contributed by atoms with Gasteiger partial charge in [0.05, 0.1) is 27.9 Å². The molecule has 0 saturated heterocycles. The number of nitrogens with one attached hydrogen (secondary N) is 1. The van der Waals surface area contributed by atoms with Gasteiger partial charge >= 0.3 is 6.18 Å². The molecule has 0 atom stereocenters. The van der Waals surface area contributed by atoms with Crippen molar-refractivity contribution in [2.75, 3.05) is 4.72 Å². The molecule has 0 saturated carbocycles. The van der Waals surface area contributed by atoms with Crippen molar-refractivity contribution in [2.45, 2.75) is 11.9 Å². The Hall–Kier alpha value is -3.13. The maximum atomic E-state index is 12.9. The second-order valence-electron chi connectivity index (χ2n) is 5.15. The van der Waals surface area contributed by atoms with Gasteiger partial charge in [0.1, 0.15) is 0 Å². The van der Waals surface area contributed by atoms with E-state index in [-0.39, 0.29) is 16.9 Å². The first-order valence-electron chi connectivity index (χ1n) is 6.87. The Morgan fingerprint density at radius 2 is 1.77 bits per heavy atom. The van der Waals surface area contributed by atoms with Gasteiger partial charge in [0, 0.05) is 17.8 Å². The standard InChI is InChI=1S/C15H10F3N3O4S/c16-15(17,18)14-7-12(4-3-11(14)8-19)20-26(24,25)9-10-1-5-13(6-2-10)21(22)23/h1-7,20H,9H2. The molecule has 0 heterocycles. The summed E-state index contributed by atoms with van der Waals surface area (Å²) in [5, 5.41) is 19.3. The third-order valence-corrected chi connectivity index (χ3v) is 4.48. The zero-order valence-corrected chi connectivity index (χ0v) is 13.6. The highest BCUT2D eigenvalue weighted by molar-refractivity contribution is 7.91. The number of sulfonamides is 1. The van der Waals surface area contributed by atoms with E-state index in [9.17, 15) is 31.7 Å². The first-order chi connectivity index (χ1) is 12.0. The second kappa shape index (κ2) is 7.01. The Morgan fingerprint density at radius 3 is 2.27 bits per heavy atom. The van der Waals surface area contributed by atoms with E-state index in [1.807, 2.05) is 4.72 Å². The molecule has 2 rings (SSSR count). The number of hydrogen-bond donors (Lipinski definition) is 1. The number of nitro benzene ring substituents is 1. The summed E-state index contributed by atoms with van der Waals surface area (Å²) in [5.74, 6) is -0.591. The maximum Gasteiger partial charge on any atom is 0.417 e. The van der Waals surface area contributed by atoms with Crippen LogP contribution in [0.25, 0.3) is 0 Å². The van der Waals surface area contributed by atoms with Crippen molar-refractivity contribution in [3.63, 3.8) is 0 Å². The van der Waals surface area contributed by atoms with E-state index < -0.39 is 38.0 Å². The summed E-state index contributed by atoms with van der Waals surface area (Å²) in [7, 11) is -4.07. The Balaban J connectivity index is 2.24. The monoisotopic (exact) mass is 385 g/mol. The average Bonchev–Trinajstić information content (AvgIpc) is 2.53. The molecule has 7 nitrogen and oxygen atoms in total. The molecule has 26 heavy (non-hydrogen) atoms. The second-order valence-corrected chi connectivity index (χ2v) is 6.88. The molecule has 0 aliphatic heterocycles. The molecule has 0 amide bonds. The predicted molar refractivity (Wildman–Crippen MR) is 85.5 cm³/mol. The van der Waals surface area contributed by atoms with Crippen molar-refractivity contribution in [3.8, 4) is 6.07 Å². The third kappa shape index (κ3) is 4.70. The fourth-order valence-electron chi connectivity index (χ4n) is 2.09. The van der Waals surface area contributed by atoms with Crippen LogP contribution in [0.1, 0.15) is 16.7 Å². The summed E-state index contributed by atoms with van der Waals surface area (Å²) in [6.45, 7) is 0. The Labute approximate surface area is 145 Å². The fourth-order valence-corrected chi connectivity index (χ4v) is 3.28. The van der Waals surface area contributed by atoms with Crippen LogP contribution in [-0.4, -0.2) is 13.3 Å². The lowest BCUT2D eigenvalue weighted by atomic mass is 10.1. The average molecular weight is 385 g/mol. The van der Waals surface area contributed by atoms with E-state index in [4.69, 9.17) is 5.26 Å². The van der Waals surface area contributed by atoms with Gasteiger partial charge in [0.15, 0.2) is 0 Å². The molecule has 0 unspecified atom stereocenters. The minimum Gasteiger partial charge on any atom is -0.283 e. The number of nitro groups is 1. The summed E-state index contributed by atoms with van der Waals surface area (Å²) in [4.78, 5) is 9.92. The van der Waals surface area contributed by atoms with E-state index in [0.717, 1.165) is 24.3 Å². The minimum absolute atomic E-state index is 0.216. The molecule has 0 radical (unpaired) electrons. The number of benzene rings is 2. The van der Waals surface area contributed by atoms with E-state index >= 15 is 0 Å². The molecule has 2 aromatic rings. The van der Waals surface area contributed by atoms with Gasteiger partial charge in [-0.15, -0.1) is 0 Å². The zero-order valence-electron chi connectivity index (χ0n) is 12.8. The topological polar surface area (TPSA) is 113 Å². The van der Waals surface area contributed by atoms with Crippen LogP contribution in [0.3, 0.4) is 0 Å². The minimum atomic E-state index is -4.81. The van der Waals surface area contributed by atoms with Crippen molar-refractivity contribution in [2.24, 2.45) is 0 Å². The summed E-state index contributed by atoms with van der Waals surface area (Å²) in [6, 6.07) is 8.54. The van der Waals surface area contributed by atoms with Gasteiger partial charge in [-0.25, -0.2) is 8.42 Å². The van der Waals surface area contributed by atoms with Crippen LogP contribution >= 0.6 is 0 Å².